The minimum absolute atomic E-state index is 0.0282. The van der Waals surface area contributed by atoms with Gasteiger partial charge in [0.2, 0.25) is 5.91 Å². The predicted octanol–water partition coefficient (Wildman–Crippen LogP) is 2.07. The van der Waals surface area contributed by atoms with Crippen molar-refractivity contribution in [2.24, 2.45) is 23.7 Å². The summed E-state index contributed by atoms with van der Waals surface area (Å²) in [5.74, 6) is 0.837. The Labute approximate surface area is 108 Å². The summed E-state index contributed by atoms with van der Waals surface area (Å²) < 4.78 is 0. The van der Waals surface area contributed by atoms with Gasteiger partial charge in [-0.25, -0.2) is 0 Å². The van der Waals surface area contributed by atoms with E-state index < -0.39 is 0 Å². The molecule has 18 heavy (non-hydrogen) atoms. The number of rotatable bonds is 3. The maximum atomic E-state index is 12.1. The van der Waals surface area contributed by atoms with E-state index in [2.05, 4.69) is 5.32 Å². The molecule has 0 radical (unpaired) electrons. The molecule has 3 aliphatic carbocycles. The standard InChI is InChI=1S/C15H21NO2/c17-14-11-6-7-12(14)13(8-11)15(18)16-9-10-4-2-1-3-5-10/h6-7,10-13H,1-5,8-9H2,(H,16,18). The summed E-state index contributed by atoms with van der Waals surface area (Å²) >= 11 is 0. The molecule has 0 saturated heterocycles. The van der Waals surface area contributed by atoms with Crippen LogP contribution in [-0.4, -0.2) is 18.2 Å². The second-order valence-corrected chi connectivity index (χ2v) is 6.01. The van der Waals surface area contributed by atoms with E-state index in [0.717, 1.165) is 13.0 Å². The summed E-state index contributed by atoms with van der Waals surface area (Å²) in [4.78, 5) is 23.9. The second kappa shape index (κ2) is 4.87. The van der Waals surface area contributed by atoms with Crippen LogP contribution < -0.4 is 5.32 Å². The van der Waals surface area contributed by atoms with Crippen molar-refractivity contribution in [1.29, 1.82) is 0 Å². The zero-order chi connectivity index (χ0) is 12.5. The van der Waals surface area contributed by atoms with Crippen LogP contribution >= 0.6 is 0 Å². The lowest BCUT2D eigenvalue weighted by Crippen LogP contribution is -2.36. The molecule has 0 aliphatic heterocycles. The van der Waals surface area contributed by atoms with Gasteiger partial charge in [0.1, 0.15) is 5.78 Å². The minimum Gasteiger partial charge on any atom is -0.356 e. The van der Waals surface area contributed by atoms with E-state index in [4.69, 9.17) is 0 Å². The van der Waals surface area contributed by atoms with Crippen LogP contribution in [0.3, 0.4) is 0 Å². The van der Waals surface area contributed by atoms with Crippen LogP contribution in [0.1, 0.15) is 38.5 Å². The normalized spacial score (nSPS) is 35.1. The first-order chi connectivity index (χ1) is 8.75. The molecule has 1 N–H and O–H groups in total. The van der Waals surface area contributed by atoms with Crippen LogP contribution in [0, 0.1) is 23.7 Å². The Morgan fingerprint density at radius 3 is 2.61 bits per heavy atom. The van der Waals surface area contributed by atoms with Crippen molar-refractivity contribution in [2.45, 2.75) is 38.5 Å². The van der Waals surface area contributed by atoms with Crippen molar-refractivity contribution in [2.75, 3.05) is 6.54 Å². The van der Waals surface area contributed by atoms with E-state index in [1.54, 1.807) is 0 Å². The van der Waals surface area contributed by atoms with E-state index in [1.165, 1.54) is 32.1 Å². The van der Waals surface area contributed by atoms with Gasteiger partial charge in [-0.3, -0.25) is 9.59 Å². The van der Waals surface area contributed by atoms with Gasteiger partial charge in [0, 0.05) is 18.4 Å². The zero-order valence-corrected chi connectivity index (χ0v) is 10.7. The molecule has 3 nitrogen and oxygen atoms in total. The van der Waals surface area contributed by atoms with Crippen molar-refractivity contribution in [3.63, 3.8) is 0 Å². The fourth-order valence-corrected chi connectivity index (χ4v) is 3.68. The lowest BCUT2D eigenvalue weighted by Gasteiger charge is -2.23. The highest BCUT2D eigenvalue weighted by molar-refractivity contribution is 5.97. The molecule has 0 heterocycles. The first-order valence-electron chi connectivity index (χ1n) is 7.25. The van der Waals surface area contributed by atoms with Gasteiger partial charge in [0.15, 0.2) is 0 Å². The number of Topliss-reactive ketones (excluding diaryl/α,β-unsaturated/α-hetero) is 1. The summed E-state index contributed by atoms with van der Waals surface area (Å²) in [6.45, 7) is 0.810. The first-order valence-corrected chi connectivity index (χ1v) is 7.25. The van der Waals surface area contributed by atoms with E-state index in [0.29, 0.717) is 5.92 Å². The summed E-state index contributed by atoms with van der Waals surface area (Å²) in [6.07, 6.45) is 11.1. The smallest absolute Gasteiger partial charge is 0.224 e. The van der Waals surface area contributed by atoms with Crippen LogP contribution in [0.5, 0.6) is 0 Å². The number of hydrogen-bond donors (Lipinski definition) is 1. The van der Waals surface area contributed by atoms with Crippen LogP contribution in [0.15, 0.2) is 12.2 Å². The van der Waals surface area contributed by atoms with Gasteiger partial charge in [-0.05, 0) is 25.2 Å². The van der Waals surface area contributed by atoms with Gasteiger partial charge >= 0.3 is 0 Å². The van der Waals surface area contributed by atoms with Gasteiger partial charge in [-0.2, -0.15) is 0 Å². The first kappa shape index (κ1) is 11.9. The monoisotopic (exact) mass is 247 g/mol. The summed E-state index contributed by atoms with van der Waals surface area (Å²) in [5, 5.41) is 3.07. The highest BCUT2D eigenvalue weighted by Gasteiger charge is 2.46. The van der Waals surface area contributed by atoms with E-state index in [-0.39, 0.29) is 29.4 Å². The Hall–Kier alpha value is -1.12. The number of carbonyl (C=O) groups is 2. The molecule has 2 bridgehead atoms. The van der Waals surface area contributed by atoms with Gasteiger partial charge in [0.25, 0.3) is 0 Å². The van der Waals surface area contributed by atoms with Crippen molar-refractivity contribution in [1.82, 2.24) is 5.32 Å². The van der Waals surface area contributed by atoms with E-state index >= 15 is 0 Å². The molecular weight excluding hydrogens is 226 g/mol. The molecule has 3 heteroatoms. The lowest BCUT2D eigenvalue weighted by molar-refractivity contribution is -0.128. The number of amides is 1. The Balaban J connectivity index is 1.50. The van der Waals surface area contributed by atoms with Crippen LogP contribution in [-0.2, 0) is 9.59 Å². The molecular formula is C15H21NO2. The SMILES string of the molecule is O=C1C2C=CC1C(C(=O)NCC1CCCCC1)C2. The maximum Gasteiger partial charge on any atom is 0.224 e. The van der Waals surface area contributed by atoms with Gasteiger partial charge < -0.3 is 5.32 Å². The topological polar surface area (TPSA) is 46.2 Å². The van der Waals surface area contributed by atoms with Crippen molar-refractivity contribution < 1.29 is 9.59 Å². The lowest BCUT2D eigenvalue weighted by atomic mass is 9.88. The molecule has 0 aromatic rings. The number of allylic oxidation sites excluding steroid dienone is 2. The van der Waals surface area contributed by atoms with Gasteiger partial charge in [-0.15, -0.1) is 0 Å². The third-order valence-electron chi connectivity index (χ3n) is 4.81. The Morgan fingerprint density at radius 1 is 1.22 bits per heavy atom. The fourth-order valence-electron chi connectivity index (χ4n) is 3.68. The molecule has 3 rings (SSSR count). The average Bonchev–Trinajstić information content (AvgIpc) is 2.93. The molecule has 1 amide bonds. The fraction of sp³-hybridized carbons (Fsp3) is 0.733. The third-order valence-corrected chi connectivity index (χ3v) is 4.81. The molecule has 3 atom stereocenters. The number of ketones is 1. The summed E-state index contributed by atoms with van der Waals surface area (Å²) in [6, 6.07) is 0. The molecule has 2 saturated carbocycles. The second-order valence-electron chi connectivity index (χ2n) is 6.01. The highest BCUT2D eigenvalue weighted by Crippen LogP contribution is 2.40. The van der Waals surface area contributed by atoms with Crippen molar-refractivity contribution >= 4 is 11.7 Å². The van der Waals surface area contributed by atoms with E-state index in [9.17, 15) is 9.59 Å². The molecule has 98 valence electrons. The molecule has 3 aliphatic rings. The molecule has 0 aromatic heterocycles. The average molecular weight is 247 g/mol. The van der Waals surface area contributed by atoms with Crippen LogP contribution in [0.2, 0.25) is 0 Å². The quantitative estimate of drug-likeness (QED) is 0.776. The number of carbonyl (C=O) groups excluding carboxylic acids is 2. The maximum absolute atomic E-state index is 12.1. The van der Waals surface area contributed by atoms with Crippen molar-refractivity contribution in [3.05, 3.63) is 12.2 Å². The minimum atomic E-state index is -0.124. The third kappa shape index (κ3) is 2.11. The predicted molar refractivity (Wildman–Crippen MR) is 68.8 cm³/mol. The summed E-state index contributed by atoms with van der Waals surface area (Å²) in [7, 11) is 0. The molecule has 0 aromatic carbocycles. The van der Waals surface area contributed by atoms with Crippen LogP contribution in [0.4, 0.5) is 0 Å². The van der Waals surface area contributed by atoms with Crippen molar-refractivity contribution in [3.8, 4) is 0 Å². The molecule has 0 spiro atoms. The number of fused-ring (bicyclic) bond motifs is 2. The Morgan fingerprint density at radius 2 is 2.00 bits per heavy atom. The number of hydrogen-bond acceptors (Lipinski definition) is 2. The zero-order valence-electron chi connectivity index (χ0n) is 10.7. The molecule has 3 unspecified atom stereocenters. The van der Waals surface area contributed by atoms with Gasteiger partial charge in [-0.1, -0.05) is 31.4 Å². The highest BCUT2D eigenvalue weighted by atomic mass is 16.2. The Bertz CT molecular complexity index is 382. The van der Waals surface area contributed by atoms with Crippen LogP contribution in [0.25, 0.3) is 0 Å². The largest absolute Gasteiger partial charge is 0.356 e. The van der Waals surface area contributed by atoms with Gasteiger partial charge in [0.05, 0.1) is 5.92 Å². The summed E-state index contributed by atoms with van der Waals surface area (Å²) in [5.41, 5.74) is 0. The Kier molecular flexibility index (Phi) is 3.23. The molecule has 2 fully saturated rings. The van der Waals surface area contributed by atoms with E-state index in [1.807, 2.05) is 12.2 Å². The number of nitrogens with one attached hydrogen (secondary N) is 1.